The van der Waals surface area contributed by atoms with Gasteiger partial charge in [-0.1, -0.05) is 41.9 Å². The number of carbonyl (C=O) groups excluding carboxylic acids is 1. The molecular formula is C21H25BrN4O3S. The van der Waals surface area contributed by atoms with Gasteiger partial charge < -0.3 is 10.3 Å². The number of rotatable bonds is 8. The number of nitrogens with one attached hydrogen (secondary N) is 2. The van der Waals surface area contributed by atoms with Gasteiger partial charge in [-0.3, -0.25) is 4.79 Å². The number of nitrogens with zero attached hydrogens (tertiary/aromatic N) is 2. The highest BCUT2D eigenvalue weighted by Gasteiger charge is 2.25. The van der Waals surface area contributed by atoms with Crippen LogP contribution in [-0.4, -0.2) is 42.2 Å². The Morgan fingerprint density at radius 1 is 1.17 bits per heavy atom. The zero-order valence-corrected chi connectivity index (χ0v) is 19.5. The molecule has 7 nitrogen and oxygen atoms in total. The van der Waals surface area contributed by atoms with E-state index in [0.717, 1.165) is 19.8 Å². The van der Waals surface area contributed by atoms with E-state index in [1.807, 2.05) is 24.3 Å². The van der Waals surface area contributed by atoms with Crippen molar-refractivity contribution in [3.05, 3.63) is 58.8 Å². The molecule has 2 N–H and O–H groups in total. The molecule has 1 heterocycles. The molecule has 3 rings (SSSR count). The summed E-state index contributed by atoms with van der Waals surface area (Å²) in [4.78, 5) is 20.7. The van der Waals surface area contributed by atoms with E-state index in [2.05, 4.69) is 45.1 Å². The maximum Gasteiger partial charge on any atom is 0.243 e. The first kappa shape index (κ1) is 22.5. The number of sulfonamides is 1. The average molecular weight is 493 g/mol. The van der Waals surface area contributed by atoms with Crippen molar-refractivity contribution in [1.82, 2.24) is 19.6 Å². The summed E-state index contributed by atoms with van der Waals surface area (Å²) in [5, 5.41) is 2.94. The van der Waals surface area contributed by atoms with Gasteiger partial charge in [-0.25, -0.2) is 13.4 Å². The number of H-pyrrole nitrogens is 1. The molecule has 0 aliphatic heterocycles. The van der Waals surface area contributed by atoms with Crippen LogP contribution in [0.3, 0.4) is 0 Å². The molecule has 1 atom stereocenters. The topological polar surface area (TPSA) is 95.2 Å². The van der Waals surface area contributed by atoms with Crippen molar-refractivity contribution in [3.63, 3.8) is 0 Å². The van der Waals surface area contributed by atoms with Gasteiger partial charge in [0, 0.05) is 11.5 Å². The van der Waals surface area contributed by atoms with Crippen LogP contribution in [0.1, 0.15) is 32.1 Å². The molecule has 0 bridgehead atoms. The number of carbonyl (C=O) groups is 1. The lowest BCUT2D eigenvalue weighted by molar-refractivity contribution is -0.122. The molecule has 0 radical (unpaired) electrons. The Hall–Kier alpha value is -2.23. The van der Waals surface area contributed by atoms with Crippen LogP contribution >= 0.6 is 15.9 Å². The van der Waals surface area contributed by atoms with Gasteiger partial charge in [-0.15, -0.1) is 0 Å². The Balaban J connectivity index is 1.74. The molecule has 160 valence electrons. The number of hydrogen-bond acceptors (Lipinski definition) is 4. The van der Waals surface area contributed by atoms with Crippen LogP contribution < -0.4 is 5.32 Å². The lowest BCUT2D eigenvalue weighted by Crippen LogP contribution is -2.40. The minimum Gasteiger partial charge on any atom is -0.345 e. The molecule has 2 aromatic carbocycles. The van der Waals surface area contributed by atoms with E-state index >= 15 is 0 Å². The van der Waals surface area contributed by atoms with Crippen molar-refractivity contribution >= 4 is 42.9 Å². The molecule has 0 spiro atoms. The van der Waals surface area contributed by atoms with E-state index in [0.29, 0.717) is 18.2 Å². The monoisotopic (exact) mass is 492 g/mol. The molecule has 1 aromatic heterocycles. The predicted molar refractivity (Wildman–Crippen MR) is 120 cm³/mol. The van der Waals surface area contributed by atoms with Crippen LogP contribution in [0.5, 0.6) is 0 Å². The van der Waals surface area contributed by atoms with Crippen LogP contribution in [0.25, 0.3) is 11.0 Å². The molecule has 1 amide bonds. The number of para-hydroxylation sites is 2. The average Bonchev–Trinajstić information content (AvgIpc) is 3.11. The van der Waals surface area contributed by atoms with Gasteiger partial charge in [-0.05, 0) is 48.7 Å². The first-order valence-electron chi connectivity index (χ1n) is 9.62. The minimum atomic E-state index is -3.77. The van der Waals surface area contributed by atoms with Crippen LogP contribution in [0.4, 0.5) is 0 Å². The Bertz CT molecular complexity index is 1090. The molecule has 0 aliphatic rings. The third kappa shape index (κ3) is 5.27. The van der Waals surface area contributed by atoms with Crippen molar-refractivity contribution in [2.24, 2.45) is 5.92 Å². The van der Waals surface area contributed by atoms with Gasteiger partial charge in [0.2, 0.25) is 15.9 Å². The molecule has 0 saturated heterocycles. The van der Waals surface area contributed by atoms with Crippen molar-refractivity contribution in [1.29, 1.82) is 0 Å². The minimum absolute atomic E-state index is 0.136. The van der Waals surface area contributed by atoms with Gasteiger partial charge in [0.15, 0.2) is 0 Å². The Kier molecular flexibility index (Phi) is 6.95. The first-order valence-corrected chi connectivity index (χ1v) is 11.9. The van der Waals surface area contributed by atoms with E-state index in [9.17, 15) is 13.2 Å². The fourth-order valence-corrected chi connectivity index (χ4v) is 4.55. The van der Waals surface area contributed by atoms with Gasteiger partial charge in [-0.2, -0.15) is 4.31 Å². The largest absolute Gasteiger partial charge is 0.345 e. The second-order valence-corrected chi connectivity index (χ2v) is 10.6. The van der Waals surface area contributed by atoms with Crippen molar-refractivity contribution in [2.45, 2.75) is 31.2 Å². The summed E-state index contributed by atoms with van der Waals surface area (Å²) in [6, 6.07) is 13.6. The highest BCUT2D eigenvalue weighted by molar-refractivity contribution is 9.10. The molecule has 0 fully saturated rings. The summed E-state index contributed by atoms with van der Waals surface area (Å²) in [6.45, 7) is 3.84. The Morgan fingerprint density at radius 2 is 1.83 bits per heavy atom. The zero-order chi connectivity index (χ0) is 21.9. The fraction of sp³-hybridized carbons (Fsp3) is 0.333. The summed E-state index contributed by atoms with van der Waals surface area (Å²) in [6.07, 6.45) is 0.675. The number of aromatic amines is 1. The number of fused-ring (bicyclic) bond motifs is 1. The van der Waals surface area contributed by atoms with Crippen LogP contribution in [0.15, 0.2) is 57.9 Å². The molecular weight excluding hydrogens is 468 g/mol. The maximum atomic E-state index is 12.7. The molecule has 1 unspecified atom stereocenters. The number of amides is 1. The Labute approximate surface area is 185 Å². The van der Waals surface area contributed by atoms with E-state index in [-0.39, 0.29) is 23.4 Å². The van der Waals surface area contributed by atoms with Crippen molar-refractivity contribution < 1.29 is 13.2 Å². The number of benzene rings is 2. The molecule has 0 saturated carbocycles. The lowest BCUT2D eigenvalue weighted by Gasteiger charge is -2.21. The smallest absolute Gasteiger partial charge is 0.243 e. The second-order valence-electron chi connectivity index (χ2n) is 7.60. The lowest BCUT2D eigenvalue weighted by atomic mass is 10.0. The predicted octanol–water partition coefficient (Wildman–Crippen LogP) is 3.85. The number of halogens is 1. The highest BCUT2D eigenvalue weighted by atomic mass is 79.9. The molecule has 0 aliphatic carbocycles. The zero-order valence-electron chi connectivity index (χ0n) is 17.1. The quantitative estimate of drug-likeness (QED) is 0.499. The highest BCUT2D eigenvalue weighted by Crippen LogP contribution is 2.22. The first-order chi connectivity index (χ1) is 14.2. The van der Waals surface area contributed by atoms with Gasteiger partial charge in [0.1, 0.15) is 5.82 Å². The summed E-state index contributed by atoms with van der Waals surface area (Å²) < 4.78 is 27.3. The number of hydrogen-bond donors (Lipinski definition) is 2. The van der Waals surface area contributed by atoms with E-state index in [1.54, 1.807) is 12.1 Å². The van der Waals surface area contributed by atoms with Crippen LogP contribution in [0, 0.1) is 5.92 Å². The van der Waals surface area contributed by atoms with Crippen LogP contribution in [-0.2, 0) is 14.8 Å². The number of imidazole rings is 1. The van der Waals surface area contributed by atoms with Gasteiger partial charge in [0.05, 0.1) is 28.5 Å². The molecule has 3 aromatic rings. The number of aromatic nitrogens is 2. The summed E-state index contributed by atoms with van der Waals surface area (Å²) in [5.41, 5.74) is 1.72. The maximum absolute atomic E-state index is 12.7. The summed E-state index contributed by atoms with van der Waals surface area (Å²) in [5.74, 6) is 0.591. The van der Waals surface area contributed by atoms with Crippen molar-refractivity contribution in [3.8, 4) is 0 Å². The van der Waals surface area contributed by atoms with E-state index in [1.165, 1.54) is 19.2 Å². The van der Waals surface area contributed by atoms with Gasteiger partial charge in [0.25, 0.3) is 0 Å². The molecule has 30 heavy (non-hydrogen) atoms. The third-order valence-corrected chi connectivity index (χ3v) is 7.01. The van der Waals surface area contributed by atoms with E-state index in [4.69, 9.17) is 0 Å². The molecule has 9 heteroatoms. The summed E-state index contributed by atoms with van der Waals surface area (Å²) >= 11 is 3.29. The van der Waals surface area contributed by atoms with Crippen molar-refractivity contribution in [2.75, 3.05) is 13.6 Å². The summed E-state index contributed by atoms with van der Waals surface area (Å²) in [7, 11) is -2.37. The third-order valence-electron chi connectivity index (χ3n) is 4.67. The second kappa shape index (κ2) is 9.28. The Morgan fingerprint density at radius 3 is 2.47 bits per heavy atom. The fourth-order valence-electron chi connectivity index (χ4n) is 3.16. The number of likely N-dealkylation sites (N-methyl/N-ethyl adjacent to an activating group) is 1. The van der Waals surface area contributed by atoms with E-state index < -0.39 is 10.0 Å². The SMILES string of the molecule is CC(C)CC(NC(=O)CN(C)S(=O)(=O)c1ccc(Br)cc1)c1nc2ccccc2[nH]1. The van der Waals surface area contributed by atoms with Gasteiger partial charge >= 0.3 is 0 Å². The standard InChI is InChI=1S/C21H25BrN4O3S/c1-14(2)12-19(21-24-17-6-4-5-7-18(17)25-21)23-20(27)13-26(3)30(28,29)16-10-8-15(22)9-11-16/h4-11,14,19H,12-13H2,1-3H3,(H,23,27)(H,24,25). The van der Waals surface area contributed by atoms with Crippen LogP contribution in [0.2, 0.25) is 0 Å². The normalized spacial score (nSPS) is 13.1.